The van der Waals surface area contributed by atoms with Crippen molar-refractivity contribution in [3.8, 4) is 11.5 Å². The molecular formula is C22H21ClF3N3O5. The molecule has 34 heavy (non-hydrogen) atoms. The molecule has 1 saturated heterocycles. The molecule has 1 aliphatic rings. The average Bonchev–Trinajstić information content (AvgIpc) is 2.81. The number of alkyl halides is 3. The van der Waals surface area contributed by atoms with Crippen molar-refractivity contribution in [2.75, 3.05) is 39.9 Å². The first-order chi connectivity index (χ1) is 16.0. The fraction of sp³-hybridized carbons (Fsp3) is 0.318. The van der Waals surface area contributed by atoms with Gasteiger partial charge in [0, 0.05) is 37.3 Å². The van der Waals surface area contributed by atoms with E-state index in [0.29, 0.717) is 0 Å². The number of methoxy groups -OCH3 is 1. The van der Waals surface area contributed by atoms with Crippen LogP contribution in [0.1, 0.15) is 26.3 Å². The number of ether oxygens (including phenoxy) is 2. The van der Waals surface area contributed by atoms with Gasteiger partial charge in [0.1, 0.15) is 0 Å². The minimum absolute atomic E-state index is 0.0438. The number of primary amides is 1. The first kappa shape index (κ1) is 25.2. The molecule has 8 nitrogen and oxygen atoms in total. The van der Waals surface area contributed by atoms with E-state index < -0.39 is 30.2 Å². The van der Waals surface area contributed by atoms with Crippen LogP contribution in [0.5, 0.6) is 11.5 Å². The maximum Gasteiger partial charge on any atom is 0.416 e. The molecule has 0 aromatic heterocycles. The van der Waals surface area contributed by atoms with Crippen LogP contribution in [0.15, 0.2) is 36.4 Å². The number of piperazine rings is 1. The van der Waals surface area contributed by atoms with Crippen LogP contribution in [0.4, 0.5) is 13.2 Å². The number of rotatable bonds is 6. The predicted octanol–water partition coefficient (Wildman–Crippen LogP) is 2.83. The van der Waals surface area contributed by atoms with E-state index in [1.54, 1.807) is 0 Å². The van der Waals surface area contributed by atoms with Crippen LogP contribution in [-0.2, 0) is 11.0 Å². The summed E-state index contributed by atoms with van der Waals surface area (Å²) < 4.78 is 49.3. The Hall–Kier alpha value is -3.47. The van der Waals surface area contributed by atoms with Gasteiger partial charge in [-0.1, -0.05) is 17.7 Å². The van der Waals surface area contributed by atoms with Crippen LogP contribution in [0.2, 0.25) is 5.02 Å². The molecule has 3 amide bonds. The van der Waals surface area contributed by atoms with Gasteiger partial charge in [0.05, 0.1) is 17.7 Å². The fourth-order valence-corrected chi connectivity index (χ4v) is 3.70. The van der Waals surface area contributed by atoms with Crippen molar-refractivity contribution in [2.45, 2.75) is 6.18 Å². The molecular weight excluding hydrogens is 479 g/mol. The number of nitrogens with two attached hydrogens (primary N) is 1. The summed E-state index contributed by atoms with van der Waals surface area (Å²) in [7, 11) is 1.34. The highest BCUT2D eigenvalue weighted by molar-refractivity contribution is 6.32. The Kier molecular flexibility index (Phi) is 7.55. The summed E-state index contributed by atoms with van der Waals surface area (Å²) in [6, 6.07) is 7.00. The van der Waals surface area contributed by atoms with E-state index in [0.717, 1.165) is 12.1 Å². The summed E-state index contributed by atoms with van der Waals surface area (Å²) in [5.74, 6) is -1.44. The van der Waals surface area contributed by atoms with Gasteiger partial charge in [0.15, 0.2) is 18.1 Å². The normalized spacial score (nSPS) is 14.0. The van der Waals surface area contributed by atoms with Crippen molar-refractivity contribution < 1.29 is 37.0 Å². The molecule has 1 heterocycles. The lowest BCUT2D eigenvalue weighted by molar-refractivity contribution is -0.137. The molecule has 0 aliphatic carbocycles. The molecule has 1 fully saturated rings. The summed E-state index contributed by atoms with van der Waals surface area (Å²) in [4.78, 5) is 39.5. The van der Waals surface area contributed by atoms with E-state index in [4.69, 9.17) is 26.8 Å². The first-order valence-corrected chi connectivity index (χ1v) is 10.4. The van der Waals surface area contributed by atoms with Gasteiger partial charge in [0.25, 0.3) is 17.7 Å². The second kappa shape index (κ2) is 10.2. The minimum Gasteiger partial charge on any atom is -0.493 e. The van der Waals surface area contributed by atoms with Gasteiger partial charge in [-0.3, -0.25) is 14.4 Å². The van der Waals surface area contributed by atoms with Crippen LogP contribution in [0.25, 0.3) is 0 Å². The monoisotopic (exact) mass is 499 g/mol. The number of carbonyl (C=O) groups excluding carboxylic acids is 3. The standard InChI is InChI=1S/C22H21ClF3N3O5/c1-33-17-11-14(10-16(23)19(17)34-12-18(27)30)21(32)29-7-5-28(6-8-29)20(31)13-3-2-4-15(9-13)22(24,25)26/h2-4,9-11H,5-8,12H2,1H3,(H2,27,30). The Balaban J connectivity index is 1.68. The maximum absolute atomic E-state index is 13.0. The molecule has 2 aromatic rings. The zero-order chi connectivity index (χ0) is 25.0. The third kappa shape index (κ3) is 5.71. The number of benzene rings is 2. The van der Waals surface area contributed by atoms with Crippen molar-refractivity contribution in [1.82, 2.24) is 9.80 Å². The molecule has 1 aliphatic heterocycles. The van der Waals surface area contributed by atoms with Crippen molar-refractivity contribution >= 4 is 29.3 Å². The second-order valence-electron chi connectivity index (χ2n) is 7.41. The van der Waals surface area contributed by atoms with E-state index in [1.807, 2.05) is 0 Å². The zero-order valence-corrected chi connectivity index (χ0v) is 18.8. The van der Waals surface area contributed by atoms with Crippen molar-refractivity contribution in [3.05, 3.63) is 58.1 Å². The van der Waals surface area contributed by atoms with Crippen LogP contribution in [0.3, 0.4) is 0 Å². The van der Waals surface area contributed by atoms with Crippen molar-refractivity contribution in [2.24, 2.45) is 5.73 Å². The number of hydrogen-bond donors (Lipinski definition) is 1. The summed E-state index contributed by atoms with van der Waals surface area (Å²) in [6.45, 7) is 0.203. The Bertz CT molecular complexity index is 1100. The van der Waals surface area contributed by atoms with E-state index in [-0.39, 0.29) is 59.7 Å². The molecule has 0 unspecified atom stereocenters. The molecule has 0 spiro atoms. The number of nitrogens with zero attached hydrogens (tertiary/aromatic N) is 2. The highest BCUT2D eigenvalue weighted by Gasteiger charge is 2.32. The fourth-order valence-electron chi connectivity index (χ4n) is 3.43. The van der Waals surface area contributed by atoms with Crippen LogP contribution < -0.4 is 15.2 Å². The number of hydrogen-bond acceptors (Lipinski definition) is 5. The molecule has 3 rings (SSSR count). The van der Waals surface area contributed by atoms with E-state index in [2.05, 4.69) is 0 Å². The average molecular weight is 500 g/mol. The molecule has 2 N–H and O–H groups in total. The minimum atomic E-state index is -4.55. The zero-order valence-electron chi connectivity index (χ0n) is 18.0. The van der Waals surface area contributed by atoms with Gasteiger partial charge in [-0.25, -0.2) is 0 Å². The lowest BCUT2D eigenvalue weighted by Gasteiger charge is -2.35. The number of carbonyl (C=O) groups is 3. The van der Waals surface area contributed by atoms with Gasteiger partial charge in [-0.2, -0.15) is 13.2 Å². The summed E-state index contributed by atoms with van der Waals surface area (Å²) >= 11 is 6.20. The van der Waals surface area contributed by atoms with E-state index in [1.165, 1.54) is 41.2 Å². The Morgan fingerprint density at radius 3 is 2.12 bits per heavy atom. The smallest absolute Gasteiger partial charge is 0.416 e. The van der Waals surface area contributed by atoms with E-state index >= 15 is 0 Å². The third-order valence-electron chi connectivity index (χ3n) is 5.13. The van der Waals surface area contributed by atoms with Crippen molar-refractivity contribution in [3.63, 3.8) is 0 Å². The molecule has 0 atom stereocenters. The molecule has 0 bridgehead atoms. The highest BCUT2D eigenvalue weighted by atomic mass is 35.5. The lowest BCUT2D eigenvalue weighted by atomic mass is 10.1. The largest absolute Gasteiger partial charge is 0.493 e. The quantitative estimate of drug-likeness (QED) is 0.658. The van der Waals surface area contributed by atoms with Gasteiger partial charge >= 0.3 is 6.18 Å². The molecule has 12 heteroatoms. The van der Waals surface area contributed by atoms with Crippen LogP contribution >= 0.6 is 11.6 Å². The highest BCUT2D eigenvalue weighted by Crippen LogP contribution is 2.37. The summed E-state index contributed by atoms with van der Waals surface area (Å²) in [6.07, 6.45) is -4.55. The Labute approximate surface area is 198 Å². The molecule has 182 valence electrons. The Morgan fingerprint density at radius 2 is 1.59 bits per heavy atom. The van der Waals surface area contributed by atoms with Crippen molar-refractivity contribution in [1.29, 1.82) is 0 Å². The Morgan fingerprint density at radius 1 is 1.00 bits per heavy atom. The maximum atomic E-state index is 13.0. The van der Waals surface area contributed by atoms with Crippen LogP contribution in [-0.4, -0.2) is 67.4 Å². The van der Waals surface area contributed by atoms with Crippen LogP contribution in [0, 0.1) is 0 Å². The van der Waals surface area contributed by atoms with Gasteiger partial charge in [0.2, 0.25) is 0 Å². The van der Waals surface area contributed by atoms with Gasteiger partial charge < -0.3 is 25.0 Å². The number of halogens is 4. The topological polar surface area (TPSA) is 102 Å². The van der Waals surface area contributed by atoms with Gasteiger partial charge in [-0.05, 0) is 30.3 Å². The molecule has 2 aromatic carbocycles. The second-order valence-corrected chi connectivity index (χ2v) is 7.81. The summed E-state index contributed by atoms with van der Waals surface area (Å²) in [5, 5.41) is 0.0438. The van der Waals surface area contributed by atoms with Gasteiger partial charge in [-0.15, -0.1) is 0 Å². The third-order valence-corrected chi connectivity index (χ3v) is 5.41. The first-order valence-electron chi connectivity index (χ1n) is 10.1. The lowest BCUT2D eigenvalue weighted by Crippen LogP contribution is -2.50. The summed E-state index contributed by atoms with van der Waals surface area (Å²) in [5.41, 5.74) is 4.29. The molecule has 0 saturated carbocycles. The predicted molar refractivity (Wildman–Crippen MR) is 116 cm³/mol. The van der Waals surface area contributed by atoms with E-state index in [9.17, 15) is 27.6 Å². The SMILES string of the molecule is COc1cc(C(=O)N2CCN(C(=O)c3cccc(C(F)(F)F)c3)CC2)cc(Cl)c1OCC(N)=O. The number of amides is 3. The molecule has 0 radical (unpaired) electrons.